The fourth-order valence-electron chi connectivity index (χ4n) is 1.08. The summed E-state index contributed by atoms with van der Waals surface area (Å²) in [7, 11) is 2.16. The highest BCUT2D eigenvalue weighted by atomic mass is 79.9. The summed E-state index contributed by atoms with van der Waals surface area (Å²) in [6, 6.07) is 0.638. The van der Waals surface area contributed by atoms with E-state index in [1.807, 2.05) is 0 Å². The molecule has 0 bridgehead atoms. The van der Waals surface area contributed by atoms with Crippen LogP contribution in [0.3, 0.4) is 0 Å². The van der Waals surface area contributed by atoms with Crippen molar-refractivity contribution >= 4 is 31.2 Å². The second kappa shape index (κ2) is 8.05. The van der Waals surface area contributed by atoms with Crippen LogP contribution in [-0.4, -0.2) is 42.8 Å². The highest BCUT2D eigenvalue weighted by Crippen LogP contribution is 2.14. The van der Waals surface area contributed by atoms with Crippen molar-refractivity contribution in [1.29, 1.82) is 0 Å². The van der Waals surface area contributed by atoms with Crippen molar-refractivity contribution in [2.75, 3.05) is 27.9 Å². The molecule has 0 aromatic carbocycles. The fraction of sp³-hybridized carbons (Fsp3) is 0.857. The van der Waals surface area contributed by atoms with Crippen LogP contribution in [0, 0.1) is 0 Å². The lowest BCUT2D eigenvalue weighted by Gasteiger charge is -2.24. The van der Waals surface area contributed by atoms with E-state index in [0.717, 1.165) is 0 Å². The zero-order valence-electron chi connectivity index (χ0n) is 9.04. The minimum absolute atomic E-state index is 0.481. The van der Waals surface area contributed by atoms with Gasteiger partial charge in [0, 0.05) is 33.9 Å². The molecule has 0 aliphatic heterocycles. The molecule has 0 saturated carbocycles. The summed E-state index contributed by atoms with van der Waals surface area (Å²) in [4.78, 5) is 10.7. The molecular formula is C7H16BrNO5Si. The first-order chi connectivity index (χ1) is 7.14. The molecule has 90 valence electrons. The van der Waals surface area contributed by atoms with Crippen molar-refractivity contribution in [2.24, 2.45) is 0 Å². The lowest BCUT2D eigenvalue weighted by Crippen LogP contribution is -2.43. The van der Waals surface area contributed by atoms with Crippen LogP contribution in [-0.2, 0) is 17.1 Å². The lowest BCUT2D eigenvalue weighted by atomic mass is 10.5. The number of halogens is 1. The summed E-state index contributed by atoms with van der Waals surface area (Å²) in [5, 5.41) is 2.52. The smallest absolute Gasteiger partial charge is 0.377 e. The van der Waals surface area contributed by atoms with Crippen molar-refractivity contribution in [1.82, 2.24) is 5.32 Å². The molecular weight excluding hydrogens is 286 g/mol. The Balaban J connectivity index is 3.76. The third-order valence-electron chi connectivity index (χ3n) is 1.93. The normalized spacial score (nSPS) is 11.2. The van der Waals surface area contributed by atoms with Gasteiger partial charge in [-0.15, -0.1) is 0 Å². The predicted octanol–water partition coefficient (Wildman–Crippen LogP) is 1.29. The molecule has 0 aliphatic rings. The molecule has 0 unspecified atom stereocenters. The van der Waals surface area contributed by atoms with E-state index in [9.17, 15) is 4.79 Å². The Morgan fingerprint density at radius 1 is 1.27 bits per heavy atom. The monoisotopic (exact) mass is 301 g/mol. The van der Waals surface area contributed by atoms with Crippen LogP contribution < -0.4 is 5.32 Å². The highest BCUT2D eigenvalue weighted by Gasteiger charge is 2.36. The molecule has 0 heterocycles. The number of amides is 1. The largest absolute Gasteiger partial charge is 0.500 e. The number of nitrogens with one attached hydrogen (secondary N) is 1. The number of hydrogen-bond donors (Lipinski definition) is 1. The van der Waals surface area contributed by atoms with Crippen LogP contribution in [0.25, 0.3) is 0 Å². The first-order valence-corrected chi connectivity index (χ1v) is 6.94. The Labute approximate surface area is 99.0 Å². The molecule has 0 fully saturated rings. The number of hydrogen-bond acceptors (Lipinski definition) is 5. The Kier molecular flexibility index (Phi) is 7.97. The zero-order chi connectivity index (χ0) is 11.7. The van der Waals surface area contributed by atoms with Gasteiger partial charge in [-0.25, -0.2) is 4.79 Å². The van der Waals surface area contributed by atoms with Gasteiger partial charge in [0.25, 0.3) is 0 Å². The summed E-state index contributed by atoms with van der Waals surface area (Å²) in [5.74, 6) is 0. The van der Waals surface area contributed by atoms with E-state index < -0.39 is 14.9 Å². The molecule has 0 aromatic heterocycles. The third kappa shape index (κ3) is 5.47. The molecule has 15 heavy (non-hydrogen) atoms. The van der Waals surface area contributed by atoms with E-state index in [1.165, 1.54) is 0 Å². The topological polar surface area (TPSA) is 66.0 Å². The van der Waals surface area contributed by atoms with E-state index in [-0.39, 0.29) is 0 Å². The molecule has 0 atom stereocenters. The van der Waals surface area contributed by atoms with Gasteiger partial charge in [0.2, 0.25) is 0 Å². The summed E-state index contributed by atoms with van der Waals surface area (Å²) in [5.41, 5.74) is 0. The molecule has 0 radical (unpaired) electrons. The molecule has 0 aliphatic carbocycles. The van der Waals surface area contributed by atoms with Crippen LogP contribution in [0.1, 0.15) is 6.42 Å². The van der Waals surface area contributed by atoms with Gasteiger partial charge in [0.05, 0.1) is 0 Å². The zero-order valence-corrected chi connectivity index (χ0v) is 11.6. The van der Waals surface area contributed by atoms with Gasteiger partial charge in [-0.05, 0) is 6.42 Å². The summed E-state index contributed by atoms with van der Waals surface area (Å²) >= 11 is 2.57. The Hall–Kier alpha value is -0.153. The van der Waals surface area contributed by atoms with Gasteiger partial charge >= 0.3 is 14.9 Å². The maximum Gasteiger partial charge on any atom is 0.500 e. The fourth-order valence-corrected chi connectivity index (χ4v) is 2.92. The number of carbonyl (C=O) groups is 1. The van der Waals surface area contributed by atoms with Crippen molar-refractivity contribution in [3.63, 3.8) is 0 Å². The van der Waals surface area contributed by atoms with Gasteiger partial charge in [0.1, 0.15) is 0 Å². The van der Waals surface area contributed by atoms with E-state index >= 15 is 0 Å². The average molecular weight is 302 g/mol. The number of rotatable bonds is 7. The minimum atomic E-state index is -2.50. The molecule has 0 rings (SSSR count). The summed E-state index contributed by atoms with van der Waals surface area (Å²) in [6.07, 6.45) is 0.179. The van der Waals surface area contributed by atoms with Crippen LogP contribution >= 0.6 is 16.3 Å². The standard InChI is InChI=1S/C7H16BrNO5Si/c1-11-15(12-2,13-3)6-4-5-9-7(10)14-8/h4-6H2,1-3H3,(H,9,10). The van der Waals surface area contributed by atoms with Gasteiger partial charge in [0.15, 0.2) is 16.3 Å². The Morgan fingerprint density at radius 2 is 1.80 bits per heavy atom. The second-order valence-electron chi connectivity index (χ2n) is 2.69. The Bertz CT molecular complexity index is 182. The summed E-state index contributed by atoms with van der Waals surface area (Å²) < 4.78 is 19.9. The van der Waals surface area contributed by atoms with Crippen LogP contribution in [0.4, 0.5) is 4.79 Å². The second-order valence-corrected chi connectivity index (χ2v) is 6.10. The van der Waals surface area contributed by atoms with Gasteiger partial charge in [-0.3, -0.25) is 0 Å². The van der Waals surface area contributed by atoms with E-state index in [1.54, 1.807) is 21.3 Å². The van der Waals surface area contributed by atoms with E-state index in [2.05, 4.69) is 25.4 Å². The third-order valence-corrected chi connectivity index (χ3v) is 5.06. The Morgan fingerprint density at radius 3 is 2.20 bits per heavy atom. The first-order valence-electron chi connectivity index (χ1n) is 4.36. The van der Waals surface area contributed by atoms with Crippen molar-refractivity contribution < 1.29 is 21.9 Å². The molecule has 6 nitrogen and oxygen atoms in total. The lowest BCUT2D eigenvalue weighted by molar-refractivity contribution is 0.123. The van der Waals surface area contributed by atoms with Gasteiger partial charge in [-0.2, -0.15) is 0 Å². The molecule has 0 spiro atoms. The predicted molar refractivity (Wildman–Crippen MR) is 59.6 cm³/mol. The maximum absolute atomic E-state index is 10.7. The highest BCUT2D eigenvalue weighted by molar-refractivity contribution is 9.06. The van der Waals surface area contributed by atoms with E-state index in [0.29, 0.717) is 19.0 Å². The maximum atomic E-state index is 10.7. The summed E-state index contributed by atoms with van der Waals surface area (Å²) in [6.45, 7) is 0.481. The quantitative estimate of drug-likeness (QED) is 0.567. The first kappa shape index (κ1) is 14.8. The van der Waals surface area contributed by atoms with Crippen molar-refractivity contribution in [3.05, 3.63) is 0 Å². The SMILES string of the molecule is CO[Si](CCCNC(=O)OBr)(OC)OC. The van der Waals surface area contributed by atoms with Crippen molar-refractivity contribution in [3.8, 4) is 0 Å². The average Bonchev–Trinajstić information content (AvgIpc) is 2.30. The van der Waals surface area contributed by atoms with Gasteiger partial charge in [-0.1, -0.05) is 0 Å². The molecule has 1 amide bonds. The van der Waals surface area contributed by atoms with E-state index in [4.69, 9.17) is 13.3 Å². The molecule has 0 saturated heterocycles. The minimum Gasteiger partial charge on any atom is -0.377 e. The van der Waals surface area contributed by atoms with Crippen LogP contribution in [0.15, 0.2) is 0 Å². The molecule has 1 N–H and O–H groups in total. The van der Waals surface area contributed by atoms with Gasteiger partial charge < -0.3 is 22.4 Å². The molecule has 8 heteroatoms. The van der Waals surface area contributed by atoms with Crippen molar-refractivity contribution in [2.45, 2.75) is 12.5 Å². The molecule has 0 aromatic rings. The van der Waals surface area contributed by atoms with Crippen LogP contribution in [0.2, 0.25) is 6.04 Å². The number of carbonyl (C=O) groups excluding carboxylic acids is 1. The van der Waals surface area contributed by atoms with Crippen LogP contribution in [0.5, 0.6) is 0 Å².